The molecule has 0 saturated carbocycles. The molecule has 0 aliphatic carbocycles. The highest BCUT2D eigenvalue weighted by atomic mass is 32.2. The number of aromatic amines is 1. The normalized spacial score (nSPS) is 17.0. The zero-order chi connectivity index (χ0) is 19.2. The third-order valence-corrected chi connectivity index (χ3v) is 6.30. The van der Waals surface area contributed by atoms with Gasteiger partial charge in [-0.05, 0) is 12.0 Å². The van der Waals surface area contributed by atoms with Crippen LogP contribution in [0.3, 0.4) is 0 Å². The second-order valence-corrected chi connectivity index (χ2v) is 8.28. The van der Waals surface area contributed by atoms with Gasteiger partial charge in [0.25, 0.3) is 0 Å². The summed E-state index contributed by atoms with van der Waals surface area (Å²) in [5.41, 5.74) is 2.23. The molecule has 9 heteroatoms. The molecule has 1 aliphatic rings. The minimum absolute atomic E-state index is 0.0205. The number of amides is 1. The molecule has 27 heavy (non-hydrogen) atoms. The van der Waals surface area contributed by atoms with Crippen molar-refractivity contribution in [2.75, 3.05) is 31.7 Å². The monoisotopic (exact) mass is 406 g/mol. The summed E-state index contributed by atoms with van der Waals surface area (Å²) in [7, 11) is 1.37. The standard InChI is InChI=1S/C18H22N4O3S2/c1-3-12-4-6-13(7-5-12)16-19-18(21-20-16)27-11-15(23)22-8-9-26-14(10-22)17(24)25-2/h4-7,14H,3,8-11H2,1-2H3,(H,19,20,21)/t14-/m0/s1. The lowest BCUT2D eigenvalue weighted by atomic mass is 10.1. The molecule has 1 fully saturated rings. The van der Waals surface area contributed by atoms with Crippen molar-refractivity contribution in [1.82, 2.24) is 20.1 Å². The van der Waals surface area contributed by atoms with Gasteiger partial charge in [0.2, 0.25) is 11.1 Å². The van der Waals surface area contributed by atoms with Gasteiger partial charge in [-0.2, -0.15) is 0 Å². The highest BCUT2D eigenvalue weighted by Crippen LogP contribution is 2.23. The van der Waals surface area contributed by atoms with Crippen molar-refractivity contribution in [1.29, 1.82) is 0 Å². The first-order valence-electron chi connectivity index (χ1n) is 8.72. The molecule has 3 rings (SSSR count). The predicted molar refractivity (Wildman–Crippen MR) is 107 cm³/mol. The molecule has 1 saturated heterocycles. The molecular weight excluding hydrogens is 384 g/mol. The molecule has 144 valence electrons. The Kier molecular flexibility index (Phi) is 6.78. The zero-order valence-electron chi connectivity index (χ0n) is 15.3. The number of nitrogens with zero attached hydrogens (tertiary/aromatic N) is 3. The number of methoxy groups -OCH3 is 1. The highest BCUT2D eigenvalue weighted by Gasteiger charge is 2.29. The fraction of sp³-hybridized carbons (Fsp3) is 0.444. The largest absolute Gasteiger partial charge is 0.468 e. The van der Waals surface area contributed by atoms with E-state index < -0.39 is 0 Å². The van der Waals surface area contributed by atoms with E-state index in [1.807, 2.05) is 12.1 Å². The minimum Gasteiger partial charge on any atom is -0.468 e. The zero-order valence-corrected chi connectivity index (χ0v) is 16.9. The summed E-state index contributed by atoms with van der Waals surface area (Å²) >= 11 is 2.82. The average Bonchev–Trinajstić information content (AvgIpc) is 3.20. The maximum atomic E-state index is 12.5. The topological polar surface area (TPSA) is 88.2 Å². The number of ether oxygens (including phenoxy) is 1. The van der Waals surface area contributed by atoms with E-state index in [4.69, 9.17) is 4.74 Å². The Labute approximate surface area is 166 Å². The Hall–Kier alpha value is -2.00. The van der Waals surface area contributed by atoms with E-state index in [-0.39, 0.29) is 22.9 Å². The predicted octanol–water partition coefficient (Wildman–Crippen LogP) is 2.24. The van der Waals surface area contributed by atoms with Gasteiger partial charge in [-0.3, -0.25) is 14.7 Å². The highest BCUT2D eigenvalue weighted by molar-refractivity contribution is 8.00. The Balaban J connectivity index is 1.54. The summed E-state index contributed by atoms with van der Waals surface area (Å²) in [4.78, 5) is 30.3. The summed E-state index contributed by atoms with van der Waals surface area (Å²) in [5.74, 6) is 1.36. The first-order valence-corrected chi connectivity index (χ1v) is 10.8. The van der Waals surface area contributed by atoms with E-state index in [0.717, 1.165) is 17.7 Å². The number of benzene rings is 1. The second kappa shape index (κ2) is 9.27. The first kappa shape index (κ1) is 19.8. The van der Waals surface area contributed by atoms with E-state index >= 15 is 0 Å². The van der Waals surface area contributed by atoms with Gasteiger partial charge in [-0.1, -0.05) is 43.0 Å². The Morgan fingerprint density at radius 3 is 2.85 bits per heavy atom. The molecule has 0 unspecified atom stereocenters. The summed E-state index contributed by atoms with van der Waals surface area (Å²) < 4.78 is 4.78. The molecule has 0 radical (unpaired) electrons. The molecule has 1 atom stereocenters. The molecule has 1 aromatic carbocycles. The van der Waals surface area contributed by atoms with Crippen molar-refractivity contribution < 1.29 is 14.3 Å². The number of nitrogens with one attached hydrogen (secondary N) is 1. The van der Waals surface area contributed by atoms with Crippen molar-refractivity contribution in [3.05, 3.63) is 29.8 Å². The van der Waals surface area contributed by atoms with Crippen LogP contribution in [0.4, 0.5) is 0 Å². The van der Waals surface area contributed by atoms with E-state index in [1.54, 1.807) is 4.90 Å². The van der Waals surface area contributed by atoms with E-state index in [2.05, 4.69) is 34.2 Å². The first-order chi connectivity index (χ1) is 13.1. The van der Waals surface area contributed by atoms with Crippen LogP contribution in [-0.2, 0) is 20.7 Å². The van der Waals surface area contributed by atoms with Crippen LogP contribution in [0.15, 0.2) is 29.4 Å². The van der Waals surface area contributed by atoms with Gasteiger partial charge in [0.1, 0.15) is 5.25 Å². The van der Waals surface area contributed by atoms with Gasteiger partial charge in [-0.15, -0.1) is 16.9 Å². The summed E-state index contributed by atoms with van der Waals surface area (Å²) in [5, 5.41) is 7.34. The molecule has 0 bridgehead atoms. The number of thioether (sulfide) groups is 2. The average molecular weight is 407 g/mol. The maximum absolute atomic E-state index is 12.5. The number of hydrogen-bond acceptors (Lipinski definition) is 7. The lowest BCUT2D eigenvalue weighted by Gasteiger charge is -2.30. The summed E-state index contributed by atoms with van der Waals surface area (Å²) in [6.07, 6.45) is 0.992. The Bertz CT molecular complexity index is 794. The summed E-state index contributed by atoms with van der Waals surface area (Å²) in [6, 6.07) is 8.16. The van der Waals surface area contributed by atoms with Crippen molar-refractivity contribution >= 4 is 35.4 Å². The van der Waals surface area contributed by atoms with Crippen molar-refractivity contribution in [2.45, 2.75) is 23.8 Å². The number of hydrogen-bond donors (Lipinski definition) is 1. The maximum Gasteiger partial charge on any atom is 0.320 e. The molecule has 2 heterocycles. The van der Waals surface area contributed by atoms with Crippen LogP contribution >= 0.6 is 23.5 Å². The third kappa shape index (κ3) is 5.04. The van der Waals surface area contributed by atoms with Gasteiger partial charge in [0.05, 0.1) is 12.9 Å². The number of carbonyl (C=O) groups excluding carboxylic acids is 2. The molecule has 1 amide bonds. The molecule has 1 aromatic heterocycles. The Morgan fingerprint density at radius 1 is 1.37 bits per heavy atom. The fourth-order valence-corrected chi connectivity index (χ4v) is 4.53. The van der Waals surface area contributed by atoms with Crippen LogP contribution in [0, 0.1) is 0 Å². The van der Waals surface area contributed by atoms with Crippen LogP contribution in [-0.4, -0.2) is 68.9 Å². The molecule has 1 aliphatic heterocycles. The van der Waals surface area contributed by atoms with E-state index in [9.17, 15) is 9.59 Å². The van der Waals surface area contributed by atoms with E-state index in [0.29, 0.717) is 24.1 Å². The summed E-state index contributed by atoms with van der Waals surface area (Å²) in [6.45, 7) is 3.14. The number of H-pyrrole nitrogens is 1. The smallest absolute Gasteiger partial charge is 0.320 e. The lowest BCUT2D eigenvalue weighted by Crippen LogP contribution is -2.45. The molecule has 7 nitrogen and oxygen atoms in total. The van der Waals surface area contributed by atoms with Gasteiger partial charge in [0.15, 0.2) is 5.82 Å². The number of carbonyl (C=O) groups is 2. The van der Waals surface area contributed by atoms with Crippen LogP contribution in [0.1, 0.15) is 12.5 Å². The van der Waals surface area contributed by atoms with Gasteiger partial charge >= 0.3 is 5.97 Å². The van der Waals surface area contributed by atoms with Gasteiger partial charge < -0.3 is 9.64 Å². The van der Waals surface area contributed by atoms with Crippen LogP contribution in [0.25, 0.3) is 11.4 Å². The molecule has 0 spiro atoms. The van der Waals surface area contributed by atoms with Crippen LogP contribution in [0.2, 0.25) is 0 Å². The van der Waals surface area contributed by atoms with Crippen molar-refractivity contribution in [3.8, 4) is 11.4 Å². The second-order valence-electron chi connectivity index (χ2n) is 6.03. The number of esters is 1. The van der Waals surface area contributed by atoms with Gasteiger partial charge in [-0.25, -0.2) is 4.98 Å². The number of aryl methyl sites for hydroxylation is 1. The number of aromatic nitrogens is 3. The van der Waals surface area contributed by atoms with Gasteiger partial charge in [0, 0.05) is 24.4 Å². The number of rotatable bonds is 6. The molecule has 1 N–H and O–H groups in total. The molecule has 2 aromatic rings. The third-order valence-electron chi connectivity index (χ3n) is 4.31. The van der Waals surface area contributed by atoms with E-state index in [1.165, 1.54) is 36.2 Å². The fourth-order valence-electron chi connectivity index (χ4n) is 2.71. The quantitative estimate of drug-likeness (QED) is 0.581. The van der Waals surface area contributed by atoms with Crippen LogP contribution in [0.5, 0.6) is 0 Å². The molecular formula is C18H22N4O3S2. The van der Waals surface area contributed by atoms with Crippen molar-refractivity contribution in [3.63, 3.8) is 0 Å². The lowest BCUT2D eigenvalue weighted by molar-refractivity contribution is -0.141. The SMILES string of the molecule is CCc1ccc(-c2nc(SCC(=O)N3CCS[C@H](C(=O)OC)C3)n[nH]2)cc1. The minimum atomic E-state index is -0.307. The van der Waals surface area contributed by atoms with Crippen LogP contribution < -0.4 is 0 Å². The van der Waals surface area contributed by atoms with Crippen molar-refractivity contribution in [2.24, 2.45) is 0 Å². The Morgan fingerprint density at radius 2 is 2.15 bits per heavy atom.